The summed E-state index contributed by atoms with van der Waals surface area (Å²) in [7, 11) is 2.07. The van der Waals surface area contributed by atoms with E-state index >= 15 is 0 Å². The zero-order valence-corrected chi connectivity index (χ0v) is 12.4. The van der Waals surface area contributed by atoms with Crippen molar-refractivity contribution in [3.8, 4) is 0 Å². The first-order valence-corrected chi connectivity index (χ1v) is 7.07. The quantitative estimate of drug-likeness (QED) is 0.783. The summed E-state index contributed by atoms with van der Waals surface area (Å²) in [6.45, 7) is 9.33. The lowest BCUT2D eigenvalue weighted by Crippen LogP contribution is -2.48. The molecule has 0 spiro atoms. The highest BCUT2D eigenvalue weighted by Gasteiger charge is 2.50. The minimum atomic E-state index is -0.221. The highest BCUT2D eigenvalue weighted by molar-refractivity contribution is 5.92. The summed E-state index contributed by atoms with van der Waals surface area (Å²) in [5, 5.41) is 2.96. The third-order valence-corrected chi connectivity index (χ3v) is 3.76. The Bertz CT molecular complexity index is 367. The normalized spacial score (nSPS) is 28.1. The molecular weight excluding hydrogens is 242 g/mol. The van der Waals surface area contributed by atoms with Crippen molar-refractivity contribution in [3.63, 3.8) is 0 Å². The van der Waals surface area contributed by atoms with Gasteiger partial charge in [-0.3, -0.25) is 9.59 Å². The zero-order valence-electron chi connectivity index (χ0n) is 12.4. The van der Waals surface area contributed by atoms with Gasteiger partial charge in [0, 0.05) is 31.7 Å². The minimum absolute atomic E-state index is 0.0278. The van der Waals surface area contributed by atoms with Gasteiger partial charge in [0.25, 0.3) is 0 Å². The first-order chi connectivity index (χ1) is 8.78. The summed E-state index contributed by atoms with van der Waals surface area (Å²) < 4.78 is 0. The smallest absolute Gasteiger partial charge is 0.226 e. The van der Waals surface area contributed by atoms with E-state index < -0.39 is 0 Å². The van der Waals surface area contributed by atoms with Crippen LogP contribution in [0.1, 0.15) is 27.2 Å². The summed E-state index contributed by atoms with van der Waals surface area (Å²) in [6, 6.07) is 0. The van der Waals surface area contributed by atoms with E-state index in [1.165, 1.54) is 0 Å². The van der Waals surface area contributed by atoms with Crippen LogP contribution in [0.5, 0.6) is 0 Å². The number of hydrogen-bond donors (Lipinski definition) is 1. The molecule has 0 aromatic rings. The fourth-order valence-electron chi connectivity index (χ4n) is 2.48. The molecule has 0 aromatic carbocycles. The summed E-state index contributed by atoms with van der Waals surface area (Å²) in [5.41, 5.74) is -0.221. The van der Waals surface area contributed by atoms with Crippen LogP contribution in [0.3, 0.4) is 0 Å². The van der Waals surface area contributed by atoms with Crippen molar-refractivity contribution in [1.82, 2.24) is 15.1 Å². The number of carbonyl (C=O) groups excluding carboxylic acids is 2. The molecule has 2 unspecified atom stereocenters. The number of carbonyl (C=O) groups is 2. The van der Waals surface area contributed by atoms with Gasteiger partial charge in [0.1, 0.15) is 0 Å². The van der Waals surface area contributed by atoms with Gasteiger partial charge >= 0.3 is 0 Å². The second-order valence-electron chi connectivity index (χ2n) is 6.82. The highest BCUT2D eigenvalue weighted by atomic mass is 16.2. The van der Waals surface area contributed by atoms with Crippen LogP contribution in [0.4, 0.5) is 0 Å². The second-order valence-corrected chi connectivity index (χ2v) is 6.82. The lowest BCUT2D eigenvalue weighted by molar-refractivity contribution is -0.136. The molecular formula is C14H25N3O2. The monoisotopic (exact) mass is 267 g/mol. The van der Waals surface area contributed by atoms with Crippen LogP contribution in [0.15, 0.2) is 0 Å². The molecule has 2 aliphatic rings. The Morgan fingerprint density at radius 2 is 1.63 bits per heavy atom. The Labute approximate surface area is 115 Å². The van der Waals surface area contributed by atoms with E-state index in [0.717, 1.165) is 26.2 Å². The molecule has 1 heterocycles. The van der Waals surface area contributed by atoms with Crippen LogP contribution >= 0.6 is 0 Å². The van der Waals surface area contributed by atoms with E-state index in [0.29, 0.717) is 6.42 Å². The van der Waals surface area contributed by atoms with E-state index in [2.05, 4.69) is 17.3 Å². The van der Waals surface area contributed by atoms with E-state index in [1.54, 1.807) is 0 Å². The van der Waals surface area contributed by atoms with Crippen LogP contribution in [0.25, 0.3) is 0 Å². The Morgan fingerprint density at radius 1 is 1.05 bits per heavy atom. The third kappa shape index (κ3) is 3.69. The van der Waals surface area contributed by atoms with Gasteiger partial charge in [-0.15, -0.1) is 0 Å². The highest BCUT2D eigenvalue weighted by Crippen LogP contribution is 2.40. The molecule has 5 heteroatoms. The zero-order chi connectivity index (χ0) is 14.2. The van der Waals surface area contributed by atoms with Crippen molar-refractivity contribution < 1.29 is 9.59 Å². The van der Waals surface area contributed by atoms with Crippen molar-refractivity contribution in [3.05, 3.63) is 0 Å². The first-order valence-electron chi connectivity index (χ1n) is 7.07. The van der Waals surface area contributed by atoms with E-state index in [9.17, 15) is 9.59 Å². The Hall–Kier alpha value is -1.10. The fraction of sp³-hybridized carbons (Fsp3) is 0.857. The molecule has 1 aliphatic heterocycles. The van der Waals surface area contributed by atoms with Gasteiger partial charge in [-0.25, -0.2) is 0 Å². The van der Waals surface area contributed by atoms with Gasteiger partial charge in [0.2, 0.25) is 11.8 Å². The van der Waals surface area contributed by atoms with Crippen LogP contribution in [-0.2, 0) is 9.59 Å². The van der Waals surface area contributed by atoms with E-state index in [1.807, 2.05) is 25.7 Å². The molecule has 1 saturated carbocycles. The van der Waals surface area contributed by atoms with Crippen LogP contribution in [-0.4, -0.2) is 60.4 Å². The summed E-state index contributed by atoms with van der Waals surface area (Å²) in [6.07, 6.45) is 0.715. The second kappa shape index (κ2) is 5.12. The van der Waals surface area contributed by atoms with Crippen LogP contribution < -0.4 is 5.32 Å². The number of hydrogen-bond acceptors (Lipinski definition) is 3. The lowest BCUT2D eigenvalue weighted by atomic mass is 10.1. The largest absolute Gasteiger partial charge is 0.351 e. The summed E-state index contributed by atoms with van der Waals surface area (Å²) >= 11 is 0. The molecule has 0 aromatic heterocycles. The first kappa shape index (κ1) is 14.3. The molecule has 0 bridgehead atoms. The average molecular weight is 267 g/mol. The molecule has 2 atom stereocenters. The molecule has 108 valence electrons. The third-order valence-electron chi connectivity index (χ3n) is 3.76. The summed E-state index contributed by atoms with van der Waals surface area (Å²) in [4.78, 5) is 28.4. The number of nitrogens with zero attached hydrogens (tertiary/aromatic N) is 2. The Morgan fingerprint density at radius 3 is 2.16 bits per heavy atom. The summed E-state index contributed by atoms with van der Waals surface area (Å²) in [5.74, 6) is 0.0132. The van der Waals surface area contributed by atoms with Gasteiger partial charge in [-0.05, 0) is 34.2 Å². The van der Waals surface area contributed by atoms with Crippen molar-refractivity contribution in [1.29, 1.82) is 0 Å². The molecule has 2 amide bonds. The predicted molar refractivity (Wildman–Crippen MR) is 73.6 cm³/mol. The molecule has 5 nitrogen and oxygen atoms in total. The number of amides is 2. The van der Waals surface area contributed by atoms with Gasteiger partial charge in [0.15, 0.2) is 0 Å². The minimum Gasteiger partial charge on any atom is -0.351 e. The van der Waals surface area contributed by atoms with Crippen molar-refractivity contribution in [2.45, 2.75) is 32.7 Å². The van der Waals surface area contributed by atoms with E-state index in [-0.39, 0.29) is 29.2 Å². The van der Waals surface area contributed by atoms with Crippen molar-refractivity contribution in [2.24, 2.45) is 11.8 Å². The number of piperazine rings is 1. The molecule has 0 radical (unpaired) electrons. The lowest BCUT2D eigenvalue weighted by Gasteiger charge is -2.32. The maximum atomic E-state index is 12.3. The average Bonchev–Trinajstić information content (AvgIpc) is 3.06. The number of rotatable bonds is 2. The Balaban J connectivity index is 1.82. The molecule has 1 N–H and O–H groups in total. The maximum Gasteiger partial charge on any atom is 0.226 e. The Kier molecular flexibility index (Phi) is 3.85. The standard InChI is InChI=1S/C14H25N3O2/c1-14(2,3)15-12(18)10-9-11(10)13(19)17-7-5-16(4)6-8-17/h10-11H,5-9H2,1-4H3,(H,15,18). The molecule has 1 saturated heterocycles. The van der Waals surface area contributed by atoms with Gasteiger partial charge in [0.05, 0.1) is 11.8 Å². The van der Waals surface area contributed by atoms with Crippen LogP contribution in [0, 0.1) is 11.8 Å². The van der Waals surface area contributed by atoms with Crippen molar-refractivity contribution >= 4 is 11.8 Å². The maximum absolute atomic E-state index is 12.3. The van der Waals surface area contributed by atoms with Gasteiger partial charge in [-0.2, -0.15) is 0 Å². The van der Waals surface area contributed by atoms with Crippen molar-refractivity contribution in [2.75, 3.05) is 33.2 Å². The fourth-order valence-corrected chi connectivity index (χ4v) is 2.48. The molecule has 19 heavy (non-hydrogen) atoms. The molecule has 2 fully saturated rings. The predicted octanol–water partition coefficient (Wildman–Crippen LogP) is 0.311. The number of nitrogens with one attached hydrogen (secondary N) is 1. The molecule has 1 aliphatic carbocycles. The van der Waals surface area contributed by atoms with E-state index in [4.69, 9.17) is 0 Å². The SMILES string of the molecule is CN1CCN(C(=O)C2CC2C(=O)NC(C)(C)C)CC1. The molecule has 2 rings (SSSR count). The van der Waals surface area contributed by atoms with Crippen LogP contribution in [0.2, 0.25) is 0 Å². The van der Waals surface area contributed by atoms with Gasteiger partial charge in [-0.1, -0.05) is 0 Å². The topological polar surface area (TPSA) is 52.7 Å². The number of likely N-dealkylation sites (N-methyl/N-ethyl adjacent to an activating group) is 1. The van der Waals surface area contributed by atoms with Gasteiger partial charge < -0.3 is 15.1 Å².